The quantitative estimate of drug-likeness (QED) is 0.261. The number of hydrogen-bond acceptors (Lipinski definition) is 1. The summed E-state index contributed by atoms with van der Waals surface area (Å²) in [6.07, 6.45) is 8.63. The molecule has 2 heterocycles. The van der Waals surface area contributed by atoms with Crippen LogP contribution in [0.3, 0.4) is 0 Å². The van der Waals surface area contributed by atoms with Gasteiger partial charge in [-0.3, -0.25) is 0 Å². The summed E-state index contributed by atoms with van der Waals surface area (Å²) in [5.74, 6) is 7.12. The van der Waals surface area contributed by atoms with E-state index < -0.39 is 0 Å². The van der Waals surface area contributed by atoms with Crippen LogP contribution in [-0.2, 0) is 0 Å². The van der Waals surface area contributed by atoms with E-state index in [1.165, 1.54) is 33.1 Å². The van der Waals surface area contributed by atoms with Crippen LogP contribution < -0.4 is 4.90 Å². The van der Waals surface area contributed by atoms with Gasteiger partial charge in [0.05, 0.1) is 17.0 Å². The molecule has 1 aliphatic heterocycles. The summed E-state index contributed by atoms with van der Waals surface area (Å²) < 4.78 is 2.37. The molecule has 2 heteroatoms. The first-order valence-corrected chi connectivity index (χ1v) is 11.7. The lowest BCUT2D eigenvalue weighted by molar-refractivity contribution is 0.965. The highest BCUT2D eigenvalue weighted by atomic mass is 15.2. The summed E-state index contributed by atoms with van der Waals surface area (Å²) in [4.78, 5) is 2.38. The zero-order valence-electron chi connectivity index (χ0n) is 18.6. The predicted octanol–water partition coefficient (Wildman–Crippen LogP) is 7.52. The standard InChI is InChI=1S/C32H22N2/c1-2-11-24-21-20-23(10-1)27-14-3-6-17-30(27)33(24)25-12-9-13-26(22-25)34-31-18-7-4-15-28(31)29-16-5-8-19-32(29)34/h1-19,22-24H/b10-1-,11-2-. The Hall–Kier alpha value is -4.48. The molecule has 0 fully saturated rings. The van der Waals surface area contributed by atoms with Crippen molar-refractivity contribution < 1.29 is 0 Å². The normalized spacial score (nSPS) is 20.2. The van der Waals surface area contributed by atoms with E-state index in [9.17, 15) is 0 Å². The highest BCUT2D eigenvalue weighted by Crippen LogP contribution is 2.39. The maximum Gasteiger partial charge on any atom is 0.114 e. The third kappa shape index (κ3) is 2.84. The highest BCUT2D eigenvalue weighted by molar-refractivity contribution is 6.09. The van der Waals surface area contributed by atoms with Gasteiger partial charge >= 0.3 is 0 Å². The first-order valence-electron chi connectivity index (χ1n) is 11.7. The molecule has 7 rings (SSSR count). The van der Waals surface area contributed by atoms with E-state index in [2.05, 4.69) is 143 Å². The number of fused-ring (bicyclic) bond motifs is 7. The molecule has 0 radical (unpaired) electrons. The second kappa shape index (κ2) is 7.54. The van der Waals surface area contributed by atoms with Crippen LogP contribution in [0.4, 0.5) is 11.4 Å². The summed E-state index contributed by atoms with van der Waals surface area (Å²) in [5.41, 5.74) is 7.17. The molecule has 0 spiro atoms. The smallest absolute Gasteiger partial charge is 0.114 e. The minimum Gasteiger partial charge on any atom is -0.323 e. The second-order valence-corrected chi connectivity index (χ2v) is 8.80. The number of nitrogens with zero attached hydrogens (tertiary/aromatic N) is 2. The van der Waals surface area contributed by atoms with Gasteiger partial charge in [0, 0.05) is 27.8 Å². The van der Waals surface area contributed by atoms with E-state index in [0.717, 1.165) is 11.4 Å². The summed E-state index contributed by atoms with van der Waals surface area (Å²) in [7, 11) is 0. The van der Waals surface area contributed by atoms with Crippen LogP contribution in [0.5, 0.6) is 0 Å². The fraction of sp³-hybridized carbons (Fsp3) is 0.0625. The summed E-state index contributed by atoms with van der Waals surface area (Å²) in [6.45, 7) is 0. The van der Waals surface area contributed by atoms with Gasteiger partial charge in [-0.1, -0.05) is 90.7 Å². The van der Waals surface area contributed by atoms with Crippen molar-refractivity contribution in [3.05, 3.63) is 127 Å². The van der Waals surface area contributed by atoms with Gasteiger partial charge in [0.15, 0.2) is 0 Å². The largest absolute Gasteiger partial charge is 0.323 e. The van der Waals surface area contributed by atoms with Crippen LogP contribution in [0.1, 0.15) is 11.5 Å². The number of para-hydroxylation sites is 3. The molecule has 2 bridgehead atoms. The molecule has 2 atom stereocenters. The third-order valence-corrected chi connectivity index (χ3v) is 6.85. The summed E-state index contributed by atoms with van der Waals surface area (Å²) >= 11 is 0. The van der Waals surface area contributed by atoms with Gasteiger partial charge in [0.2, 0.25) is 0 Å². The van der Waals surface area contributed by atoms with Crippen molar-refractivity contribution in [1.82, 2.24) is 4.57 Å². The van der Waals surface area contributed by atoms with Gasteiger partial charge in [-0.25, -0.2) is 0 Å². The van der Waals surface area contributed by atoms with E-state index in [4.69, 9.17) is 0 Å². The predicted molar refractivity (Wildman–Crippen MR) is 142 cm³/mol. The van der Waals surface area contributed by atoms with Crippen LogP contribution in [-0.4, -0.2) is 10.6 Å². The van der Waals surface area contributed by atoms with E-state index in [1.54, 1.807) is 0 Å². The fourth-order valence-electron chi connectivity index (χ4n) is 5.35. The first kappa shape index (κ1) is 19.0. The van der Waals surface area contributed by atoms with Crippen molar-refractivity contribution in [2.75, 3.05) is 4.90 Å². The van der Waals surface area contributed by atoms with Crippen LogP contribution >= 0.6 is 0 Å². The van der Waals surface area contributed by atoms with Crippen molar-refractivity contribution in [2.45, 2.75) is 12.0 Å². The van der Waals surface area contributed by atoms with Gasteiger partial charge in [-0.05, 0) is 48.0 Å². The number of rotatable bonds is 2. The minimum atomic E-state index is -0.0236. The van der Waals surface area contributed by atoms with E-state index in [-0.39, 0.29) is 12.0 Å². The Morgan fingerprint density at radius 2 is 1.26 bits per heavy atom. The molecule has 2 nitrogen and oxygen atoms in total. The Morgan fingerprint density at radius 1 is 0.588 bits per heavy atom. The maximum absolute atomic E-state index is 3.52. The molecule has 2 unspecified atom stereocenters. The number of allylic oxidation sites excluding steroid dienone is 3. The average Bonchev–Trinajstić information content (AvgIpc) is 3.15. The Morgan fingerprint density at radius 3 is 2.09 bits per heavy atom. The maximum atomic E-state index is 3.52. The van der Waals surface area contributed by atoms with Gasteiger partial charge in [0.1, 0.15) is 6.04 Å². The van der Waals surface area contributed by atoms with Crippen LogP contribution in [0.2, 0.25) is 0 Å². The lowest BCUT2D eigenvalue weighted by Crippen LogP contribution is -2.28. The first-order chi connectivity index (χ1) is 16.9. The highest BCUT2D eigenvalue weighted by Gasteiger charge is 2.26. The molecule has 34 heavy (non-hydrogen) atoms. The SMILES string of the molecule is C1#CC2/C=C\C=C/C1c1ccccc1N2c1cccc(-n2c3ccccc3c3ccccc32)c1. The van der Waals surface area contributed by atoms with Gasteiger partial charge in [-0.15, -0.1) is 0 Å². The molecule has 0 amide bonds. The molecular formula is C32H22N2. The zero-order chi connectivity index (χ0) is 22.5. The van der Waals surface area contributed by atoms with Crippen molar-refractivity contribution in [3.8, 4) is 17.5 Å². The van der Waals surface area contributed by atoms with Crippen molar-refractivity contribution in [2.24, 2.45) is 0 Å². The third-order valence-electron chi connectivity index (χ3n) is 6.85. The molecule has 2 aliphatic rings. The van der Waals surface area contributed by atoms with Crippen molar-refractivity contribution in [1.29, 1.82) is 0 Å². The number of hydrogen-bond donors (Lipinski definition) is 0. The Labute approximate surface area is 199 Å². The molecule has 0 saturated carbocycles. The Balaban J connectivity index is 1.46. The minimum absolute atomic E-state index is 0.0236. The Kier molecular flexibility index (Phi) is 4.22. The molecule has 1 aromatic heterocycles. The molecule has 160 valence electrons. The molecule has 1 aliphatic carbocycles. The van der Waals surface area contributed by atoms with E-state index in [1.807, 2.05) is 0 Å². The molecule has 0 N–H and O–H groups in total. The van der Waals surface area contributed by atoms with E-state index >= 15 is 0 Å². The summed E-state index contributed by atoms with van der Waals surface area (Å²) in [5, 5.41) is 2.55. The van der Waals surface area contributed by atoms with Gasteiger partial charge in [-0.2, -0.15) is 0 Å². The van der Waals surface area contributed by atoms with Crippen LogP contribution in [0, 0.1) is 11.8 Å². The average molecular weight is 435 g/mol. The monoisotopic (exact) mass is 434 g/mol. The fourth-order valence-corrected chi connectivity index (χ4v) is 5.35. The molecule has 5 aromatic rings. The molecule has 4 aromatic carbocycles. The van der Waals surface area contributed by atoms with E-state index in [0.29, 0.717) is 0 Å². The molecule has 0 saturated heterocycles. The van der Waals surface area contributed by atoms with Crippen LogP contribution in [0.25, 0.3) is 27.5 Å². The summed E-state index contributed by atoms with van der Waals surface area (Å²) in [6, 6.07) is 34.8. The lowest BCUT2D eigenvalue weighted by Gasteiger charge is -2.30. The number of aromatic nitrogens is 1. The lowest BCUT2D eigenvalue weighted by atomic mass is 9.97. The topological polar surface area (TPSA) is 8.17 Å². The number of anilines is 2. The molecular weight excluding hydrogens is 412 g/mol. The van der Waals surface area contributed by atoms with Gasteiger partial charge in [0.25, 0.3) is 0 Å². The van der Waals surface area contributed by atoms with Crippen molar-refractivity contribution >= 4 is 33.2 Å². The van der Waals surface area contributed by atoms with Gasteiger partial charge < -0.3 is 9.47 Å². The zero-order valence-corrected chi connectivity index (χ0v) is 18.6. The Bertz CT molecular complexity index is 1640. The van der Waals surface area contributed by atoms with Crippen LogP contribution in [0.15, 0.2) is 121 Å². The number of benzene rings is 4. The van der Waals surface area contributed by atoms with Crippen molar-refractivity contribution in [3.63, 3.8) is 0 Å². The second-order valence-electron chi connectivity index (χ2n) is 8.80.